The molecule has 1 aromatic carbocycles. The van der Waals surface area contributed by atoms with Gasteiger partial charge in [0.15, 0.2) is 0 Å². The summed E-state index contributed by atoms with van der Waals surface area (Å²) in [7, 11) is 1.58. The summed E-state index contributed by atoms with van der Waals surface area (Å²) >= 11 is 0. The maximum Gasteiger partial charge on any atom is 0.271 e. The van der Waals surface area contributed by atoms with Crippen molar-refractivity contribution in [3.63, 3.8) is 0 Å². The molecule has 2 N–H and O–H groups in total. The van der Waals surface area contributed by atoms with Gasteiger partial charge in [-0.25, -0.2) is 4.39 Å². The molecule has 0 spiro atoms. The molecule has 2 heterocycles. The number of hydrogen-bond acceptors (Lipinski definition) is 4. The van der Waals surface area contributed by atoms with Crippen molar-refractivity contribution >= 4 is 5.91 Å². The zero-order valence-corrected chi connectivity index (χ0v) is 14.2. The van der Waals surface area contributed by atoms with Crippen LogP contribution in [0.2, 0.25) is 0 Å². The molecule has 1 aromatic heterocycles. The van der Waals surface area contributed by atoms with Crippen LogP contribution >= 0.6 is 0 Å². The number of carbonyl (C=O) groups excluding carboxylic acids is 1. The van der Waals surface area contributed by atoms with E-state index >= 15 is 0 Å². The Bertz CT molecular complexity index is 733. The third-order valence-corrected chi connectivity index (χ3v) is 4.62. The molecule has 0 aliphatic carbocycles. The van der Waals surface area contributed by atoms with E-state index in [0.29, 0.717) is 24.3 Å². The van der Waals surface area contributed by atoms with E-state index in [1.165, 1.54) is 6.07 Å². The van der Waals surface area contributed by atoms with Gasteiger partial charge in [-0.15, -0.1) is 0 Å². The normalized spacial score (nSPS) is 19.6. The Morgan fingerprint density at radius 2 is 2.24 bits per heavy atom. The molecule has 0 bridgehead atoms. The predicted octanol–water partition coefficient (Wildman–Crippen LogP) is 1.75. The number of halogens is 1. The van der Waals surface area contributed by atoms with Gasteiger partial charge in [-0.05, 0) is 31.5 Å². The first-order valence-electron chi connectivity index (χ1n) is 8.50. The fourth-order valence-electron chi connectivity index (χ4n) is 3.29. The van der Waals surface area contributed by atoms with Gasteiger partial charge in [-0.1, -0.05) is 18.2 Å². The number of piperidine rings is 1. The number of amides is 1. The van der Waals surface area contributed by atoms with Crippen LogP contribution in [0.5, 0.6) is 0 Å². The second-order valence-electron chi connectivity index (χ2n) is 6.35. The Labute approximate surface area is 146 Å². The number of aliphatic hydroxyl groups excluding tert-OH is 1. The lowest BCUT2D eigenvalue weighted by Crippen LogP contribution is -2.39. The van der Waals surface area contributed by atoms with Crippen molar-refractivity contribution < 1.29 is 14.3 Å². The van der Waals surface area contributed by atoms with Gasteiger partial charge in [0.1, 0.15) is 11.5 Å². The quantitative estimate of drug-likeness (QED) is 0.865. The summed E-state index contributed by atoms with van der Waals surface area (Å²) in [6, 6.07) is 8.16. The summed E-state index contributed by atoms with van der Waals surface area (Å²) in [5.41, 5.74) is 0.719. The molecule has 6 nitrogen and oxygen atoms in total. The van der Waals surface area contributed by atoms with E-state index in [1.54, 1.807) is 31.3 Å². The van der Waals surface area contributed by atoms with Crippen LogP contribution < -0.4 is 5.32 Å². The average Bonchev–Trinajstić information content (AvgIpc) is 3.12. The molecule has 1 saturated heterocycles. The van der Waals surface area contributed by atoms with Crippen LogP contribution in [0.4, 0.5) is 4.39 Å². The smallest absolute Gasteiger partial charge is 0.271 e. The Kier molecular flexibility index (Phi) is 5.45. The summed E-state index contributed by atoms with van der Waals surface area (Å²) in [6.07, 6.45) is 2.87. The standard InChI is InChI=1S/C18H23FN4O2/c1-20-18(25)16-8-10-23(21-16)13-5-4-9-22(11-13)12-17(24)14-6-2-3-7-15(14)19/h2-3,6-8,10,13,17,24H,4-5,9,11-12H2,1H3,(H,20,25)/t13-,17+/m1/s1. The van der Waals surface area contributed by atoms with Crippen molar-refractivity contribution in [1.82, 2.24) is 20.0 Å². The molecule has 0 radical (unpaired) electrons. The molecule has 0 unspecified atom stereocenters. The first-order chi connectivity index (χ1) is 12.1. The molecular weight excluding hydrogens is 323 g/mol. The van der Waals surface area contributed by atoms with Crippen LogP contribution in [0, 0.1) is 5.82 Å². The molecule has 1 fully saturated rings. The summed E-state index contributed by atoms with van der Waals surface area (Å²) < 4.78 is 15.6. The number of nitrogens with one attached hydrogen (secondary N) is 1. The third-order valence-electron chi connectivity index (χ3n) is 4.62. The Morgan fingerprint density at radius 1 is 1.44 bits per heavy atom. The Hall–Kier alpha value is -2.25. The predicted molar refractivity (Wildman–Crippen MR) is 91.7 cm³/mol. The van der Waals surface area contributed by atoms with Gasteiger partial charge >= 0.3 is 0 Å². The van der Waals surface area contributed by atoms with Gasteiger partial charge in [0.05, 0.1) is 12.1 Å². The lowest BCUT2D eigenvalue weighted by molar-refractivity contribution is 0.0817. The largest absolute Gasteiger partial charge is 0.387 e. The van der Waals surface area contributed by atoms with Crippen LogP contribution in [-0.4, -0.2) is 52.4 Å². The van der Waals surface area contributed by atoms with E-state index in [0.717, 1.165) is 19.4 Å². The first-order valence-corrected chi connectivity index (χ1v) is 8.50. The average molecular weight is 346 g/mol. The highest BCUT2D eigenvalue weighted by atomic mass is 19.1. The molecular formula is C18H23FN4O2. The van der Waals surface area contributed by atoms with Crippen molar-refractivity contribution in [1.29, 1.82) is 0 Å². The lowest BCUT2D eigenvalue weighted by Gasteiger charge is -2.34. The molecule has 1 aliphatic heterocycles. The zero-order chi connectivity index (χ0) is 17.8. The molecule has 3 rings (SSSR count). The number of benzene rings is 1. The van der Waals surface area contributed by atoms with Crippen molar-refractivity contribution in [2.45, 2.75) is 25.0 Å². The molecule has 2 atom stereocenters. The number of aliphatic hydroxyl groups is 1. The van der Waals surface area contributed by atoms with Crippen LogP contribution in [-0.2, 0) is 0 Å². The van der Waals surface area contributed by atoms with Crippen molar-refractivity contribution in [3.8, 4) is 0 Å². The fraction of sp³-hybridized carbons (Fsp3) is 0.444. The van der Waals surface area contributed by atoms with Gasteiger partial charge in [0, 0.05) is 31.9 Å². The lowest BCUT2D eigenvalue weighted by atomic mass is 10.0. The second kappa shape index (κ2) is 7.76. The summed E-state index contributed by atoms with van der Waals surface area (Å²) in [5, 5.41) is 17.3. The summed E-state index contributed by atoms with van der Waals surface area (Å²) in [4.78, 5) is 13.8. The second-order valence-corrected chi connectivity index (χ2v) is 6.35. The molecule has 134 valence electrons. The number of hydrogen-bond donors (Lipinski definition) is 2. The highest BCUT2D eigenvalue weighted by molar-refractivity contribution is 5.91. The van der Waals surface area contributed by atoms with Crippen LogP contribution in [0.3, 0.4) is 0 Å². The highest BCUT2D eigenvalue weighted by Crippen LogP contribution is 2.24. The van der Waals surface area contributed by atoms with Crippen molar-refractivity contribution in [3.05, 3.63) is 53.6 Å². The van der Waals surface area contributed by atoms with Crippen LogP contribution in [0.1, 0.15) is 41.0 Å². The summed E-state index contributed by atoms with van der Waals surface area (Å²) in [5.74, 6) is -0.591. The van der Waals surface area contributed by atoms with Crippen LogP contribution in [0.25, 0.3) is 0 Å². The van der Waals surface area contributed by atoms with Gasteiger partial charge in [0.2, 0.25) is 0 Å². The molecule has 25 heavy (non-hydrogen) atoms. The first kappa shape index (κ1) is 17.6. The number of carbonyl (C=O) groups is 1. The van der Waals surface area contributed by atoms with Gasteiger partial charge in [-0.2, -0.15) is 5.10 Å². The molecule has 7 heteroatoms. The number of nitrogens with zero attached hydrogens (tertiary/aromatic N) is 3. The van der Waals surface area contributed by atoms with E-state index in [1.807, 2.05) is 10.9 Å². The minimum atomic E-state index is -0.862. The van der Waals surface area contributed by atoms with Crippen LogP contribution in [0.15, 0.2) is 36.5 Å². The number of β-amino-alcohol motifs (C(OH)–C–C–N with tert-alkyl or cyclic N) is 1. The monoisotopic (exact) mass is 346 g/mol. The topological polar surface area (TPSA) is 70.4 Å². The molecule has 0 saturated carbocycles. The zero-order valence-electron chi connectivity index (χ0n) is 14.2. The Balaban J connectivity index is 1.64. The van der Waals surface area contributed by atoms with Crippen molar-refractivity contribution in [2.75, 3.05) is 26.7 Å². The number of aromatic nitrogens is 2. The van der Waals surface area contributed by atoms with Gasteiger partial charge in [-0.3, -0.25) is 14.4 Å². The molecule has 1 aliphatic rings. The highest BCUT2D eigenvalue weighted by Gasteiger charge is 2.25. The third kappa shape index (κ3) is 4.05. The minimum absolute atomic E-state index is 0.139. The maximum atomic E-state index is 13.8. The number of likely N-dealkylation sites (tertiary alicyclic amines) is 1. The van der Waals surface area contributed by atoms with E-state index in [4.69, 9.17) is 0 Å². The summed E-state index contributed by atoms with van der Waals surface area (Å²) in [6.45, 7) is 1.94. The fourth-order valence-corrected chi connectivity index (χ4v) is 3.29. The van der Waals surface area contributed by atoms with Gasteiger partial charge in [0.25, 0.3) is 5.91 Å². The Morgan fingerprint density at radius 3 is 3.00 bits per heavy atom. The van der Waals surface area contributed by atoms with Gasteiger partial charge < -0.3 is 10.4 Å². The van der Waals surface area contributed by atoms with Crippen molar-refractivity contribution in [2.24, 2.45) is 0 Å². The minimum Gasteiger partial charge on any atom is -0.387 e. The molecule has 2 aromatic rings. The van der Waals surface area contributed by atoms with E-state index < -0.39 is 6.10 Å². The SMILES string of the molecule is CNC(=O)c1ccn([C@@H]2CCCN(C[C@H](O)c3ccccc3F)C2)n1. The maximum absolute atomic E-state index is 13.8. The van der Waals surface area contributed by atoms with E-state index in [2.05, 4.69) is 15.3 Å². The molecule has 1 amide bonds. The van der Waals surface area contributed by atoms with E-state index in [-0.39, 0.29) is 17.8 Å². The number of rotatable bonds is 5. The van der Waals surface area contributed by atoms with E-state index in [9.17, 15) is 14.3 Å².